The maximum Gasteiger partial charge on any atom is 0.307 e. The van der Waals surface area contributed by atoms with Crippen molar-refractivity contribution in [1.29, 1.82) is 0 Å². The molecule has 2 aliphatic carbocycles. The summed E-state index contributed by atoms with van der Waals surface area (Å²) in [7, 11) is 2.99. The van der Waals surface area contributed by atoms with Gasteiger partial charge in [0, 0.05) is 94.4 Å². The summed E-state index contributed by atoms with van der Waals surface area (Å²) >= 11 is 0. The van der Waals surface area contributed by atoms with Crippen LogP contribution in [-0.2, 0) is 96.7 Å². The van der Waals surface area contributed by atoms with Gasteiger partial charge in [-0.2, -0.15) is 17.6 Å². The Morgan fingerprint density at radius 1 is 0.568 bits per heavy atom. The van der Waals surface area contributed by atoms with E-state index >= 15 is 17.6 Å². The molecule has 2 aromatic carbocycles. The third-order valence-corrected chi connectivity index (χ3v) is 21.6. The van der Waals surface area contributed by atoms with Gasteiger partial charge >= 0.3 is 11.9 Å². The number of fused-ring (bicyclic) bond motifs is 10. The standard InChI is InChI=1S/C35H44F2N3O7.C34H42F2N3O7.2V/c1-5-23-27(20-41)40-19-28(23)46-31-30(38-25-10-9-22(44-4)16-26(25)39-31)35(36,37)11-7-6-8-21-18-34(21,3)47-29(42)17-24(32(40)43)33(2)12-14-45-15-13-33;1-4-22-26(19-40)39-18-28(22)46-31-30(37-24-9-8-21(43-3)16-25(24)38-31)34(35,36)10-6-5-7-20-15-27(20)45-29(41)17-23(32(39)42)33(2)11-13-44-14-12-33;;/h9-10,16,21,23-24,27-28H,5-8,11-15,17-19H2,1-4H3;8-9,16,20,22-23,26-28H,4-7,10-15,17-18H2,1-3H3;;/q2*-1;;/t21-,23+,24-,27-,28+,34-;20-,22+,23-,26-,27-,28+;;/m11../s1. The van der Waals surface area contributed by atoms with Gasteiger partial charge in [0.25, 0.3) is 11.8 Å². The summed E-state index contributed by atoms with van der Waals surface area (Å²) in [4.78, 5) is 101. The van der Waals surface area contributed by atoms with E-state index in [0.29, 0.717) is 126 Å². The molecule has 0 unspecified atom stereocenters. The maximum atomic E-state index is 16.0. The Balaban J connectivity index is 0.000000219. The molecule has 2 saturated carbocycles. The molecule has 0 N–H and O–H groups in total. The van der Waals surface area contributed by atoms with Crippen molar-refractivity contribution >= 4 is 58.4 Å². The van der Waals surface area contributed by atoms with Gasteiger partial charge < -0.3 is 57.3 Å². The Bertz CT molecular complexity index is 3440. The van der Waals surface area contributed by atoms with Crippen LogP contribution in [0, 0.1) is 46.3 Å². The monoisotopic (exact) mass is 1400 g/mol. The minimum absolute atomic E-state index is 0. The summed E-state index contributed by atoms with van der Waals surface area (Å²) in [6.07, 6.45) is 8.16. The number of hydrogen-bond acceptors (Lipinski definition) is 18. The molecule has 26 heteroatoms. The van der Waals surface area contributed by atoms with Crippen LogP contribution >= 0.6 is 0 Å². The molecule has 8 aliphatic rings. The summed E-state index contributed by atoms with van der Waals surface area (Å²) in [5, 5.41) is 0. The summed E-state index contributed by atoms with van der Waals surface area (Å²) in [6.45, 7) is 11.2. The van der Waals surface area contributed by atoms with Gasteiger partial charge in [-0.05, 0) is 124 Å². The fourth-order valence-corrected chi connectivity index (χ4v) is 15.2. The number of halogens is 4. The Morgan fingerprint density at radius 2 is 1.01 bits per heavy atom. The van der Waals surface area contributed by atoms with Crippen molar-refractivity contribution in [3.63, 3.8) is 0 Å². The number of ether oxygens (including phenoxy) is 8. The van der Waals surface area contributed by atoms with Gasteiger partial charge in [0.2, 0.25) is 23.6 Å². The second-order valence-electron chi connectivity index (χ2n) is 27.7. The molecule has 2 aromatic heterocycles. The SMILES string of the molecule is CC[C@@H]1[C@@H]2CN(C(=O)[C@H](C3(C)CCOCC3)CC(=O)O[C@@H]3C[C@H]3CCCCC(F)(F)c3nc4ccc(OC)cc4nc3O2)[C@@H]1[C-]=O.CC[C@@H]1[C@@H]2CN(C(=O)[C@H](C3(C)CCOCC3)CC(=O)O[C@]3(C)C[C@H]3CCCCC(F)(F)c3nc4ccc(OC)cc4nc3O2)[C@@H]1[C-]=O.[V].[V]. The molecule has 4 bridgehead atoms. The molecule has 2 radical (unpaired) electrons. The number of nitrogens with zero attached hydrogens (tertiary/aromatic N) is 6. The van der Waals surface area contributed by atoms with Gasteiger partial charge in [-0.15, -0.1) is 0 Å². The molecule has 4 aromatic rings. The number of amides is 2. The van der Waals surface area contributed by atoms with Crippen molar-refractivity contribution in [2.45, 2.75) is 198 Å². The third-order valence-electron chi connectivity index (χ3n) is 21.6. The molecule has 2 amide bonds. The Kier molecular flexibility index (Phi) is 23.4. The zero-order valence-corrected chi connectivity index (χ0v) is 57.9. The molecular weight excluding hydrogens is 1310 g/mol. The van der Waals surface area contributed by atoms with E-state index in [0.717, 1.165) is 0 Å². The van der Waals surface area contributed by atoms with Crippen molar-refractivity contribution in [3.05, 3.63) is 47.8 Å². The van der Waals surface area contributed by atoms with Crippen LogP contribution in [0.3, 0.4) is 0 Å². The minimum Gasteiger partial charge on any atom is -0.540 e. The largest absolute Gasteiger partial charge is 0.540 e. The second-order valence-corrected chi connectivity index (χ2v) is 27.7. The van der Waals surface area contributed by atoms with Gasteiger partial charge in [0.15, 0.2) is 11.4 Å². The average Bonchev–Trinajstić information content (AvgIpc) is 1.75. The zero-order chi connectivity index (χ0) is 66.2. The molecule has 12 rings (SSSR count). The van der Waals surface area contributed by atoms with Crippen LogP contribution in [0.25, 0.3) is 22.1 Å². The Labute approximate surface area is 575 Å². The number of esters is 2. The average molecular weight is 1400 g/mol. The molecule has 516 valence electrons. The first kappa shape index (κ1) is 73.6. The van der Waals surface area contributed by atoms with Gasteiger partial charge in [-0.1, -0.05) is 65.5 Å². The number of benzene rings is 2. The first-order valence-electron chi connectivity index (χ1n) is 33.2. The van der Waals surface area contributed by atoms with Crippen molar-refractivity contribution in [3.8, 4) is 23.3 Å². The maximum absolute atomic E-state index is 16.0. The smallest absolute Gasteiger partial charge is 0.307 e. The molecule has 20 nitrogen and oxygen atoms in total. The molecule has 0 spiro atoms. The normalized spacial score (nSPS) is 31.4. The van der Waals surface area contributed by atoms with Crippen LogP contribution in [0.1, 0.15) is 162 Å². The van der Waals surface area contributed by atoms with Crippen LogP contribution in [0.15, 0.2) is 36.4 Å². The quantitative estimate of drug-likeness (QED) is 0.0906. The van der Waals surface area contributed by atoms with Gasteiger partial charge in [-0.3, -0.25) is 19.2 Å². The van der Waals surface area contributed by atoms with E-state index < -0.39 is 112 Å². The molecule has 6 fully saturated rings. The first-order chi connectivity index (χ1) is 44.5. The van der Waals surface area contributed by atoms with Crippen LogP contribution in [0.5, 0.6) is 23.3 Å². The topological polar surface area (TPSA) is 234 Å². The number of rotatable bonds is 8. The number of hydrogen-bond donors (Lipinski definition) is 0. The zero-order valence-electron chi connectivity index (χ0n) is 55.1. The summed E-state index contributed by atoms with van der Waals surface area (Å²) in [5.74, 6) is -10.5. The predicted octanol–water partition coefficient (Wildman–Crippen LogP) is 10.7. The Morgan fingerprint density at radius 3 is 1.44 bits per heavy atom. The number of alkyl halides is 4. The van der Waals surface area contributed by atoms with Crippen molar-refractivity contribution in [2.75, 3.05) is 53.7 Å². The van der Waals surface area contributed by atoms with Gasteiger partial charge in [0.05, 0.1) is 74.1 Å². The van der Waals surface area contributed by atoms with E-state index in [1.54, 1.807) is 36.4 Å². The number of carbonyl (C=O) groups excluding carboxylic acids is 6. The number of aromatic nitrogens is 4. The van der Waals surface area contributed by atoms with Crippen LogP contribution in [-0.4, -0.2) is 156 Å². The summed E-state index contributed by atoms with van der Waals surface area (Å²) < 4.78 is 110. The van der Waals surface area contributed by atoms with E-state index in [9.17, 15) is 28.8 Å². The van der Waals surface area contributed by atoms with Crippen LogP contribution in [0.2, 0.25) is 0 Å². The van der Waals surface area contributed by atoms with E-state index in [-0.39, 0.29) is 128 Å². The van der Waals surface area contributed by atoms with Crippen molar-refractivity contribution in [2.24, 2.45) is 46.3 Å². The van der Waals surface area contributed by atoms with E-state index in [1.165, 1.54) is 24.0 Å². The fourth-order valence-electron chi connectivity index (χ4n) is 15.2. The molecule has 6 aliphatic heterocycles. The molecule has 4 saturated heterocycles. The van der Waals surface area contributed by atoms with Crippen LogP contribution < -0.4 is 18.9 Å². The number of methoxy groups -OCH3 is 2. The predicted molar refractivity (Wildman–Crippen MR) is 329 cm³/mol. The first-order valence-corrected chi connectivity index (χ1v) is 33.2. The van der Waals surface area contributed by atoms with E-state index in [2.05, 4.69) is 19.9 Å². The molecule has 12 atom stereocenters. The van der Waals surface area contributed by atoms with E-state index in [4.69, 9.17) is 37.9 Å². The Hall–Kier alpha value is -5.65. The summed E-state index contributed by atoms with van der Waals surface area (Å²) in [5.41, 5.74) is -1.79. The fraction of sp³-hybridized carbons (Fsp3) is 0.681. The van der Waals surface area contributed by atoms with Gasteiger partial charge in [0.1, 0.15) is 35.4 Å². The molecule has 95 heavy (non-hydrogen) atoms. The summed E-state index contributed by atoms with van der Waals surface area (Å²) in [6, 6.07) is 7.65. The molecular formula is C69H86F4N6O14V2-2. The van der Waals surface area contributed by atoms with Gasteiger partial charge in [-0.25, -0.2) is 32.5 Å². The minimum atomic E-state index is -3.37. The van der Waals surface area contributed by atoms with Crippen molar-refractivity contribution < 1.29 is 121 Å². The second kappa shape index (κ2) is 30.2. The van der Waals surface area contributed by atoms with Crippen LogP contribution in [0.4, 0.5) is 17.6 Å². The van der Waals surface area contributed by atoms with Crippen molar-refractivity contribution in [1.82, 2.24) is 29.7 Å². The molecule has 8 heterocycles. The van der Waals surface area contributed by atoms with E-state index in [1.807, 2.05) is 47.2 Å². The number of carbonyl (C=O) groups is 4. The third kappa shape index (κ3) is 15.8.